The molecular weight excluding hydrogens is 239 g/mol. The molecule has 1 saturated carbocycles. The van der Waals surface area contributed by atoms with Gasteiger partial charge in [0, 0.05) is 12.0 Å². The van der Waals surface area contributed by atoms with Crippen LogP contribution in [0.3, 0.4) is 0 Å². The van der Waals surface area contributed by atoms with E-state index in [1.807, 2.05) is 0 Å². The molecule has 2 N–H and O–H groups in total. The molecule has 100 valence electrons. The molecule has 1 nitrogen and oxygen atoms in total. The van der Waals surface area contributed by atoms with Gasteiger partial charge in [-0.1, -0.05) is 12.8 Å². The first-order chi connectivity index (χ1) is 8.50. The zero-order valence-corrected chi connectivity index (χ0v) is 10.5. The molecule has 4 heteroatoms. The summed E-state index contributed by atoms with van der Waals surface area (Å²) in [7, 11) is 0. The van der Waals surface area contributed by atoms with Gasteiger partial charge in [0.25, 0.3) is 0 Å². The standard InChI is InChI=1S/C14H18F3N/c1-9(15)10-6-11(13(17)12(16)7-10)14(8-18)4-2-3-5-14/h6-7,9H,2-5,8,18H2,1H3. The third-order valence-electron chi connectivity index (χ3n) is 4.03. The highest BCUT2D eigenvalue weighted by molar-refractivity contribution is 5.35. The van der Waals surface area contributed by atoms with Crippen LogP contribution in [0, 0.1) is 11.6 Å². The highest BCUT2D eigenvalue weighted by atomic mass is 19.2. The predicted octanol–water partition coefficient (Wildman–Crippen LogP) is 3.77. The second-order valence-corrected chi connectivity index (χ2v) is 5.17. The van der Waals surface area contributed by atoms with Gasteiger partial charge in [0.1, 0.15) is 6.17 Å². The van der Waals surface area contributed by atoms with E-state index in [1.165, 1.54) is 13.0 Å². The molecule has 0 heterocycles. The van der Waals surface area contributed by atoms with Gasteiger partial charge >= 0.3 is 0 Å². The van der Waals surface area contributed by atoms with Crippen molar-refractivity contribution in [2.75, 3.05) is 6.54 Å². The highest BCUT2D eigenvalue weighted by Crippen LogP contribution is 2.42. The number of alkyl halides is 1. The van der Waals surface area contributed by atoms with E-state index in [2.05, 4.69) is 0 Å². The predicted molar refractivity (Wildman–Crippen MR) is 65.1 cm³/mol. The van der Waals surface area contributed by atoms with E-state index >= 15 is 0 Å². The Bertz CT molecular complexity index is 437. The van der Waals surface area contributed by atoms with Gasteiger partial charge in [-0.3, -0.25) is 0 Å². The van der Waals surface area contributed by atoms with Gasteiger partial charge in [0.15, 0.2) is 11.6 Å². The summed E-state index contributed by atoms with van der Waals surface area (Å²) in [6, 6.07) is 2.38. The van der Waals surface area contributed by atoms with Gasteiger partial charge in [0.05, 0.1) is 0 Å². The van der Waals surface area contributed by atoms with E-state index in [9.17, 15) is 13.2 Å². The lowest BCUT2D eigenvalue weighted by Crippen LogP contribution is -2.33. The smallest absolute Gasteiger partial charge is 0.162 e. The highest BCUT2D eigenvalue weighted by Gasteiger charge is 2.37. The molecule has 0 aromatic heterocycles. The second kappa shape index (κ2) is 4.92. The lowest BCUT2D eigenvalue weighted by atomic mass is 9.78. The summed E-state index contributed by atoms with van der Waals surface area (Å²) in [5.74, 6) is -1.85. The van der Waals surface area contributed by atoms with Crippen LogP contribution in [0.5, 0.6) is 0 Å². The van der Waals surface area contributed by atoms with Gasteiger partial charge in [-0.25, -0.2) is 13.2 Å². The van der Waals surface area contributed by atoms with Crippen molar-refractivity contribution in [3.05, 3.63) is 34.9 Å². The van der Waals surface area contributed by atoms with Gasteiger partial charge in [-0.15, -0.1) is 0 Å². The van der Waals surface area contributed by atoms with Crippen molar-refractivity contribution in [1.29, 1.82) is 0 Å². The van der Waals surface area contributed by atoms with Crippen LogP contribution < -0.4 is 5.73 Å². The quantitative estimate of drug-likeness (QED) is 0.876. The lowest BCUT2D eigenvalue weighted by molar-refractivity contribution is 0.364. The van der Waals surface area contributed by atoms with Crippen molar-refractivity contribution in [2.45, 2.75) is 44.2 Å². The van der Waals surface area contributed by atoms with Crippen LogP contribution in [0.15, 0.2) is 12.1 Å². The maximum absolute atomic E-state index is 14.0. The molecule has 1 atom stereocenters. The third kappa shape index (κ3) is 2.14. The Morgan fingerprint density at radius 3 is 2.39 bits per heavy atom. The van der Waals surface area contributed by atoms with Crippen LogP contribution in [0.2, 0.25) is 0 Å². The zero-order valence-electron chi connectivity index (χ0n) is 10.5. The van der Waals surface area contributed by atoms with Crippen LogP contribution in [0.4, 0.5) is 13.2 Å². The summed E-state index contributed by atoms with van der Waals surface area (Å²) < 4.78 is 40.9. The minimum absolute atomic E-state index is 0.184. The minimum Gasteiger partial charge on any atom is -0.330 e. The average Bonchev–Trinajstić information content (AvgIpc) is 2.82. The van der Waals surface area contributed by atoms with E-state index in [-0.39, 0.29) is 17.7 Å². The number of nitrogens with two attached hydrogens (primary N) is 1. The maximum atomic E-state index is 14.0. The molecule has 1 aliphatic carbocycles. The monoisotopic (exact) mass is 257 g/mol. The Hall–Kier alpha value is -1.03. The molecule has 0 bridgehead atoms. The normalized spacial score (nSPS) is 20.1. The van der Waals surface area contributed by atoms with Gasteiger partial charge < -0.3 is 5.73 Å². The van der Waals surface area contributed by atoms with E-state index in [0.29, 0.717) is 0 Å². The summed E-state index contributed by atoms with van der Waals surface area (Å²) in [6.45, 7) is 1.59. The molecule has 1 aromatic carbocycles. The number of hydrogen-bond donors (Lipinski definition) is 1. The Kier molecular flexibility index (Phi) is 3.66. The Balaban J connectivity index is 2.54. The third-order valence-corrected chi connectivity index (χ3v) is 4.03. The average molecular weight is 257 g/mol. The molecule has 0 aliphatic heterocycles. The SMILES string of the molecule is CC(F)c1cc(F)c(F)c(C2(CN)CCCC2)c1. The second-order valence-electron chi connectivity index (χ2n) is 5.17. The van der Waals surface area contributed by atoms with E-state index < -0.39 is 23.2 Å². The Morgan fingerprint density at radius 2 is 1.89 bits per heavy atom. The molecule has 1 unspecified atom stereocenters. The van der Waals surface area contributed by atoms with Crippen LogP contribution in [0.1, 0.15) is 49.9 Å². The Labute approximate surface area is 105 Å². The molecule has 0 spiro atoms. The molecule has 0 saturated heterocycles. The molecular formula is C14H18F3N. The first-order valence-electron chi connectivity index (χ1n) is 6.34. The van der Waals surface area contributed by atoms with Gasteiger partial charge in [-0.05, 0) is 43.0 Å². The zero-order chi connectivity index (χ0) is 13.3. The fraction of sp³-hybridized carbons (Fsp3) is 0.571. The van der Waals surface area contributed by atoms with Crippen LogP contribution in [-0.2, 0) is 5.41 Å². The molecule has 2 rings (SSSR count). The van der Waals surface area contributed by atoms with Crippen molar-refractivity contribution < 1.29 is 13.2 Å². The molecule has 0 radical (unpaired) electrons. The van der Waals surface area contributed by atoms with Crippen molar-refractivity contribution in [3.63, 3.8) is 0 Å². The maximum Gasteiger partial charge on any atom is 0.162 e. The lowest BCUT2D eigenvalue weighted by Gasteiger charge is -2.29. The van der Waals surface area contributed by atoms with Crippen molar-refractivity contribution >= 4 is 0 Å². The fourth-order valence-electron chi connectivity index (χ4n) is 2.86. The molecule has 1 fully saturated rings. The van der Waals surface area contributed by atoms with Gasteiger partial charge in [0.2, 0.25) is 0 Å². The summed E-state index contributed by atoms with van der Waals surface area (Å²) in [4.78, 5) is 0. The topological polar surface area (TPSA) is 26.0 Å². The molecule has 1 aromatic rings. The van der Waals surface area contributed by atoms with Crippen LogP contribution >= 0.6 is 0 Å². The molecule has 0 amide bonds. The molecule has 1 aliphatic rings. The summed E-state index contributed by atoms with van der Waals surface area (Å²) >= 11 is 0. The number of halogens is 3. The number of hydrogen-bond acceptors (Lipinski definition) is 1. The van der Waals surface area contributed by atoms with Crippen LogP contribution in [-0.4, -0.2) is 6.54 Å². The van der Waals surface area contributed by atoms with Crippen LogP contribution in [0.25, 0.3) is 0 Å². The fourth-order valence-corrected chi connectivity index (χ4v) is 2.86. The number of benzene rings is 1. The summed E-state index contributed by atoms with van der Waals surface area (Å²) in [5.41, 5.74) is 5.68. The summed E-state index contributed by atoms with van der Waals surface area (Å²) in [6.07, 6.45) is 2.07. The summed E-state index contributed by atoms with van der Waals surface area (Å²) in [5, 5.41) is 0. The van der Waals surface area contributed by atoms with Crippen molar-refractivity contribution in [3.8, 4) is 0 Å². The van der Waals surface area contributed by atoms with E-state index in [1.54, 1.807) is 0 Å². The van der Waals surface area contributed by atoms with E-state index in [4.69, 9.17) is 5.73 Å². The number of rotatable bonds is 3. The largest absolute Gasteiger partial charge is 0.330 e. The van der Waals surface area contributed by atoms with Crippen molar-refractivity contribution in [2.24, 2.45) is 5.73 Å². The van der Waals surface area contributed by atoms with Crippen molar-refractivity contribution in [1.82, 2.24) is 0 Å². The molecule has 18 heavy (non-hydrogen) atoms. The van der Waals surface area contributed by atoms with E-state index in [0.717, 1.165) is 31.7 Å². The Morgan fingerprint density at radius 1 is 1.28 bits per heavy atom. The first kappa shape index (κ1) is 13.4. The first-order valence-corrected chi connectivity index (χ1v) is 6.34. The van der Waals surface area contributed by atoms with Gasteiger partial charge in [-0.2, -0.15) is 0 Å². The minimum atomic E-state index is -1.31.